The van der Waals surface area contributed by atoms with Crippen LogP contribution in [0.3, 0.4) is 0 Å². The molecule has 0 spiro atoms. The molecule has 1 aliphatic rings. The van der Waals surface area contributed by atoms with Crippen LogP contribution in [0.4, 0.5) is 0 Å². The topological polar surface area (TPSA) is 104 Å². The fourth-order valence-electron chi connectivity index (χ4n) is 8.59. The lowest BCUT2D eigenvalue weighted by Crippen LogP contribution is -2.62. The first-order valence-corrected chi connectivity index (χ1v) is 24.9. The van der Waals surface area contributed by atoms with Crippen molar-refractivity contribution in [2.45, 2.75) is 122 Å². The lowest BCUT2D eigenvalue weighted by molar-refractivity contribution is -0.310. The monoisotopic (exact) mass is 946 g/mol. The standard InChI is InChI=1S/C60H66O10/c1-2-3-4-5-6-7-8-24-37-63-57-54(64-40-46-27-16-10-17-28-46)51-36-35-50(38-52(51)69-59(57)61)68-60-58(67-43-49-33-22-13-23-34-49)56(66-42-48-31-20-12-21-32-48)55(65-41-47-29-18-11-19-30-47)53(70-60)44-62-39-45-25-14-9-15-26-45/h9-23,25-36,38,53,55-56,58,60H,2-8,24,37,39-44H2,1H3/t53-,55-,56+,58-,60-/m1/s1. The first-order chi connectivity index (χ1) is 34.6. The van der Waals surface area contributed by atoms with Gasteiger partial charge in [-0.15, -0.1) is 0 Å². The molecule has 366 valence electrons. The zero-order valence-electron chi connectivity index (χ0n) is 40.2. The fourth-order valence-corrected chi connectivity index (χ4v) is 8.59. The van der Waals surface area contributed by atoms with Gasteiger partial charge in [-0.2, -0.15) is 0 Å². The van der Waals surface area contributed by atoms with Gasteiger partial charge in [-0.1, -0.05) is 204 Å². The second kappa shape index (κ2) is 27.2. The number of hydrogen-bond acceptors (Lipinski definition) is 10. The molecule has 0 radical (unpaired) electrons. The van der Waals surface area contributed by atoms with Gasteiger partial charge in [0.15, 0.2) is 5.75 Å². The molecule has 0 aliphatic carbocycles. The molecule has 1 aromatic heterocycles. The van der Waals surface area contributed by atoms with Gasteiger partial charge in [0.2, 0.25) is 12.0 Å². The van der Waals surface area contributed by atoms with E-state index < -0.39 is 36.3 Å². The molecule has 2 heterocycles. The van der Waals surface area contributed by atoms with Crippen LogP contribution in [-0.2, 0) is 56.7 Å². The molecule has 0 amide bonds. The average molecular weight is 947 g/mol. The van der Waals surface area contributed by atoms with Crippen LogP contribution in [0.2, 0.25) is 0 Å². The maximum atomic E-state index is 13.9. The second-order valence-electron chi connectivity index (χ2n) is 17.7. The number of benzene rings is 6. The molecule has 0 bridgehead atoms. The van der Waals surface area contributed by atoms with Crippen LogP contribution in [0.5, 0.6) is 17.2 Å². The fraction of sp³-hybridized carbons (Fsp3) is 0.350. The number of unbranched alkanes of at least 4 members (excludes halogenated alkanes) is 7. The van der Waals surface area contributed by atoms with E-state index in [0.29, 0.717) is 36.7 Å². The zero-order valence-corrected chi connectivity index (χ0v) is 40.2. The molecule has 7 aromatic rings. The second-order valence-corrected chi connectivity index (χ2v) is 17.7. The molecule has 5 atom stereocenters. The lowest BCUT2D eigenvalue weighted by Gasteiger charge is -2.45. The minimum Gasteiger partial charge on any atom is -0.484 e. The van der Waals surface area contributed by atoms with Crippen LogP contribution in [0, 0.1) is 0 Å². The Bertz CT molecular complexity index is 2610. The quantitative estimate of drug-likeness (QED) is 0.0348. The molecule has 0 saturated carbocycles. The summed E-state index contributed by atoms with van der Waals surface area (Å²) in [5, 5.41) is 0.570. The van der Waals surface area contributed by atoms with E-state index in [1.54, 1.807) is 6.07 Å². The van der Waals surface area contributed by atoms with Gasteiger partial charge in [0.1, 0.15) is 42.4 Å². The Labute approximate surface area is 412 Å². The number of rotatable bonds is 28. The van der Waals surface area contributed by atoms with Gasteiger partial charge in [-0.25, -0.2) is 4.79 Å². The van der Waals surface area contributed by atoms with Crippen LogP contribution in [0.1, 0.15) is 86.1 Å². The number of fused-ring (bicyclic) bond motifs is 1. The summed E-state index contributed by atoms with van der Waals surface area (Å²) >= 11 is 0. The van der Waals surface area contributed by atoms with E-state index in [2.05, 4.69) is 6.92 Å². The summed E-state index contributed by atoms with van der Waals surface area (Å²) in [4.78, 5) is 13.9. The Kier molecular flexibility index (Phi) is 19.5. The Morgan fingerprint density at radius 3 is 1.51 bits per heavy atom. The molecule has 1 saturated heterocycles. The smallest absolute Gasteiger partial charge is 0.383 e. The zero-order chi connectivity index (χ0) is 48.0. The van der Waals surface area contributed by atoms with E-state index in [9.17, 15) is 4.79 Å². The normalized spacial score (nSPS) is 17.9. The van der Waals surface area contributed by atoms with Crippen molar-refractivity contribution in [3.05, 3.63) is 208 Å². The summed E-state index contributed by atoms with van der Waals surface area (Å²) < 4.78 is 59.5. The Hall–Kier alpha value is -6.27. The third kappa shape index (κ3) is 14.9. The van der Waals surface area contributed by atoms with Crippen molar-refractivity contribution < 1.29 is 42.3 Å². The summed E-state index contributed by atoms with van der Waals surface area (Å²) in [6.45, 7) is 4.19. The van der Waals surface area contributed by atoms with Gasteiger partial charge in [0, 0.05) is 6.07 Å². The third-order valence-electron chi connectivity index (χ3n) is 12.4. The molecule has 10 heteroatoms. The van der Waals surface area contributed by atoms with Crippen LogP contribution >= 0.6 is 0 Å². The van der Waals surface area contributed by atoms with Crippen LogP contribution in [-0.4, -0.2) is 43.9 Å². The van der Waals surface area contributed by atoms with Gasteiger partial charge in [-0.3, -0.25) is 0 Å². The Morgan fingerprint density at radius 2 is 0.957 bits per heavy atom. The summed E-state index contributed by atoms with van der Waals surface area (Å²) in [5.74, 6) is 0.760. The van der Waals surface area contributed by atoms with Crippen molar-refractivity contribution >= 4 is 11.0 Å². The van der Waals surface area contributed by atoms with Crippen LogP contribution in [0.25, 0.3) is 11.0 Å². The van der Waals surface area contributed by atoms with Crippen molar-refractivity contribution in [3.63, 3.8) is 0 Å². The lowest BCUT2D eigenvalue weighted by atomic mass is 9.97. The van der Waals surface area contributed by atoms with E-state index in [-0.39, 0.29) is 37.8 Å². The highest BCUT2D eigenvalue weighted by Gasteiger charge is 2.50. The number of hydrogen-bond donors (Lipinski definition) is 0. The molecule has 1 fully saturated rings. The van der Waals surface area contributed by atoms with E-state index in [4.69, 9.17) is 42.3 Å². The predicted molar refractivity (Wildman–Crippen MR) is 272 cm³/mol. The predicted octanol–water partition coefficient (Wildman–Crippen LogP) is 13.0. The first-order valence-electron chi connectivity index (χ1n) is 24.9. The van der Waals surface area contributed by atoms with Crippen molar-refractivity contribution in [3.8, 4) is 17.2 Å². The van der Waals surface area contributed by atoms with E-state index in [1.165, 1.54) is 32.1 Å². The summed E-state index contributed by atoms with van der Waals surface area (Å²) in [6.07, 6.45) is 5.34. The molecule has 8 rings (SSSR count). The van der Waals surface area contributed by atoms with E-state index >= 15 is 0 Å². The third-order valence-corrected chi connectivity index (χ3v) is 12.4. The van der Waals surface area contributed by atoms with Gasteiger partial charge in [-0.05, 0) is 46.4 Å². The maximum Gasteiger partial charge on any atom is 0.383 e. The highest BCUT2D eigenvalue weighted by molar-refractivity contribution is 5.86. The van der Waals surface area contributed by atoms with Gasteiger partial charge < -0.3 is 42.3 Å². The van der Waals surface area contributed by atoms with Crippen LogP contribution in [0.15, 0.2) is 179 Å². The van der Waals surface area contributed by atoms with Crippen molar-refractivity contribution in [1.29, 1.82) is 0 Å². The van der Waals surface area contributed by atoms with Gasteiger partial charge >= 0.3 is 5.63 Å². The minimum atomic E-state index is -1.03. The van der Waals surface area contributed by atoms with Gasteiger partial charge in [0.05, 0.1) is 45.0 Å². The van der Waals surface area contributed by atoms with E-state index in [1.807, 2.05) is 164 Å². The summed E-state index contributed by atoms with van der Waals surface area (Å²) in [5.41, 5.74) is 4.57. The largest absolute Gasteiger partial charge is 0.484 e. The van der Waals surface area contributed by atoms with Crippen molar-refractivity contribution in [2.75, 3.05) is 13.2 Å². The van der Waals surface area contributed by atoms with Crippen LogP contribution < -0.4 is 19.8 Å². The first kappa shape index (κ1) is 50.1. The summed E-state index contributed by atoms with van der Waals surface area (Å²) in [6, 6.07) is 55.2. The minimum absolute atomic E-state index is 0.0586. The molecular weight excluding hydrogens is 881 g/mol. The highest BCUT2D eigenvalue weighted by atomic mass is 16.7. The van der Waals surface area contributed by atoms with Gasteiger partial charge in [0.25, 0.3) is 0 Å². The van der Waals surface area contributed by atoms with Crippen molar-refractivity contribution in [2.24, 2.45) is 0 Å². The molecule has 10 nitrogen and oxygen atoms in total. The Morgan fingerprint density at radius 1 is 0.471 bits per heavy atom. The maximum absolute atomic E-state index is 13.9. The average Bonchev–Trinajstić information content (AvgIpc) is 3.40. The molecule has 1 aliphatic heterocycles. The molecule has 6 aromatic carbocycles. The van der Waals surface area contributed by atoms with Crippen molar-refractivity contribution in [1.82, 2.24) is 0 Å². The Balaban J connectivity index is 1.10. The SMILES string of the molecule is CCCCCCCCCCOc1c(OCc2ccccc2)c2ccc(O[C@@H]3O[C@H](COCc4ccccc4)[C@@H](OCc4ccccc4)[C@H](OCc4ccccc4)[C@H]3OCc3ccccc3)cc2oc1=O. The summed E-state index contributed by atoms with van der Waals surface area (Å²) in [7, 11) is 0. The van der Waals surface area contributed by atoms with E-state index in [0.717, 1.165) is 47.1 Å². The number of ether oxygens (including phenoxy) is 8. The molecule has 70 heavy (non-hydrogen) atoms. The molecule has 0 N–H and O–H groups in total. The highest BCUT2D eigenvalue weighted by Crippen LogP contribution is 2.38. The molecular formula is C60H66O10. The molecule has 0 unspecified atom stereocenters.